The quantitative estimate of drug-likeness (QED) is 0.676. The van der Waals surface area contributed by atoms with Crippen LogP contribution in [-0.4, -0.2) is 16.6 Å². The van der Waals surface area contributed by atoms with Crippen molar-refractivity contribution < 1.29 is 18.8 Å². The first-order valence-corrected chi connectivity index (χ1v) is 5.57. The fourth-order valence-corrected chi connectivity index (χ4v) is 1.33. The van der Waals surface area contributed by atoms with Gasteiger partial charge in [0.15, 0.2) is 0 Å². The van der Waals surface area contributed by atoms with Crippen LogP contribution in [-0.2, 0) is 11.3 Å². The number of nitro groups is 1. The first-order chi connectivity index (χ1) is 8.67. The van der Waals surface area contributed by atoms with Crippen LogP contribution in [0, 0.1) is 15.9 Å². The lowest BCUT2D eigenvalue weighted by atomic mass is 10.2. The zero-order valence-corrected chi connectivity index (χ0v) is 10.9. The Balaban J connectivity index is 2.79. The van der Waals surface area contributed by atoms with Gasteiger partial charge in [-0.25, -0.2) is 9.18 Å². The highest BCUT2D eigenvalue weighted by Gasteiger charge is 2.17. The van der Waals surface area contributed by atoms with E-state index >= 15 is 0 Å². The Morgan fingerprint density at radius 3 is 2.63 bits per heavy atom. The van der Waals surface area contributed by atoms with Crippen LogP contribution < -0.4 is 5.32 Å². The van der Waals surface area contributed by atoms with Gasteiger partial charge in [0.05, 0.1) is 5.56 Å². The first kappa shape index (κ1) is 14.9. The molecule has 1 amide bonds. The van der Waals surface area contributed by atoms with Gasteiger partial charge in [-0.3, -0.25) is 15.4 Å². The molecule has 19 heavy (non-hydrogen) atoms. The van der Waals surface area contributed by atoms with Crippen molar-refractivity contribution in [2.24, 2.45) is 0 Å². The molecule has 7 heteroatoms. The maximum atomic E-state index is 13.3. The van der Waals surface area contributed by atoms with Gasteiger partial charge in [-0.05, 0) is 39.0 Å². The van der Waals surface area contributed by atoms with Gasteiger partial charge in [0.2, 0.25) is 6.54 Å². The monoisotopic (exact) mass is 270 g/mol. The van der Waals surface area contributed by atoms with Crippen LogP contribution in [0.25, 0.3) is 0 Å². The summed E-state index contributed by atoms with van der Waals surface area (Å²) in [6.45, 7) is 4.47. The number of nitrogens with zero attached hydrogens (tertiary/aromatic N) is 1. The van der Waals surface area contributed by atoms with Gasteiger partial charge < -0.3 is 4.74 Å². The Labute approximate surface area is 109 Å². The van der Waals surface area contributed by atoms with Crippen molar-refractivity contribution in [3.8, 4) is 0 Å². The van der Waals surface area contributed by atoms with Crippen LogP contribution in [0.15, 0.2) is 18.2 Å². The molecule has 104 valence electrons. The third-order valence-corrected chi connectivity index (χ3v) is 1.99. The van der Waals surface area contributed by atoms with E-state index < -0.39 is 29.0 Å². The first-order valence-electron chi connectivity index (χ1n) is 5.57. The molecule has 1 rings (SSSR count). The van der Waals surface area contributed by atoms with E-state index in [1.165, 1.54) is 12.1 Å². The molecule has 0 unspecified atom stereocenters. The van der Waals surface area contributed by atoms with Gasteiger partial charge in [0.1, 0.15) is 11.4 Å². The molecule has 0 atom stereocenters. The number of hydrogen-bond donors (Lipinski definition) is 1. The Kier molecular flexibility index (Phi) is 4.42. The van der Waals surface area contributed by atoms with E-state index in [0.717, 1.165) is 6.07 Å². The highest BCUT2D eigenvalue weighted by atomic mass is 19.1. The molecule has 0 aliphatic rings. The minimum Gasteiger partial charge on any atom is -0.444 e. The number of anilines is 1. The summed E-state index contributed by atoms with van der Waals surface area (Å²) >= 11 is 0. The van der Waals surface area contributed by atoms with E-state index in [4.69, 9.17) is 4.74 Å². The summed E-state index contributed by atoms with van der Waals surface area (Å²) in [4.78, 5) is 21.2. The van der Waals surface area contributed by atoms with Gasteiger partial charge >= 0.3 is 6.09 Å². The highest BCUT2D eigenvalue weighted by Crippen LogP contribution is 2.17. The third-order valence-electron chi connectivity index (χ3n) is 1.99. The molecule has 0 aromatic heterocycles. The summed E-state index contributed by atoms with van der Waals surface area (Å²) in [7, 11) is 0. The molecule has 1 aromatic rings. The summed E-state index contributed by atoms with van der Waals surface area (Å²) in [6.07, 6.45) is -0.703. The predicted molar refractivity (Wildman–Crippen MR) is 67.0 cm³/mol. The molecule has 6 nitrogen and oxygen atoms in total. The van der Waals surface area contributed by atoms with E-state index in [-0.39, 0.29) is 11.3 Å². The van der Waals surface area contributed by atoms with Crippen molar-refractivity contribution in [3.63, 3.8) is 0 Å². The summed E-state index contributed by atoms with van der Waals surface area (Å²) in [5.41, 5.74) is -0.514. The number of rotatable bonds is 3. The standard InChI is InChI=1S/C12H15FN2O4/c1-12(2,3)19-11(16)14-9-4-5-10(13)8(6-9)7-15(17)18/h4-6H,7H2,1-3H3,(H,14,16). The van der Waals surface area contributed by atoms with Gasteiger partial charge in [0, 0.05) is 10.6 Å². The fraction of sp³-hybridized carbons (Fsp3) is 0.417. The number of halogens is 1. The zero-order valence-electron chi connectivity index (χ0n) is 10.9. The van der Waals surface area contributed by atoms with Crippen LogP contribution in [0.1, 0.15) is 26.3 Å². The molecule has 0 bridgehead atoms. The third kappa shape index (κ3) is 5.33. The minimum absolute atomic E-state index is 0.0986. The van der Waals surface area contributed by atoms with Crippen molar-refractivity contribution in [1.29, 1.82) is 0 Å². The minimum atomic E-state index is -0.703. The van der Waals surface area contributed by atoms with Crippen molar-refractivity contribution in [1.82, 2.24) is 0 Å². The Bertz CT molecular complexity index is 497. The number of carbonyl (C=O) groups excluding carboxylic acids is 1. The van der Waals surface area contributed by atoms with E-state index in [9.17, 15) is 19.3 Å². The zero-order chi connectivity index (χ0) is 14.6. The topological polar surface area (TPSA) is 81.5 Å². The Morgan fingerprint density at radius 1 is 1.47 bits per heavy atom. The highest BCUT2D eigenvalue weighted by molar-refractivity contribution is 5.84. The number of nitrogens with one attached hydrogen (secondary N) is 1. The van der Waals surface area contributed by atoms with E-state index in [1.54, 1.807) is 20.8 Å². The second kappa shape index (κ2) is 5.64. The SMILES string of the molecule is CC(C)(C)OC(=O)Nc1ccc(F)c(C[N+](=O)[O-])c1. The fourth-order valence-electron chi connectivity index (χ4n) is 1.33. The van der Waals surface area contributed by atoms with E-state index in [1.807, 2.05) is 0 Å². The average Bonchev–Trinajstić information content (AvgIpc) is 2.19. The van der Waals surface area contributed by atoms with Crippen LogP contribution in [0.3, 0.4) is 0 Å². The molecule has 0 spiro atoms. The molecule has 0 heterocycles. The van der Waals surface area contributed by atoms with Crippen molar-refractivity contribution in [3.05, 3.63) is 39.7 Å². The number of ether oxygens (including phenoxy) is 1. The molecule has 0 saturated heterocycles. The maximum Gasteiger partial charge on any atom is 0.412 e. The smallest absolute Gasteiger partial charge is 0.412 e. The number of hydrogen-bond acceptors (Lipinski definition) is 4. The number of benzene rings is 1. The molecular formula is C12H15FN2O4. The molecular weight excluding hydrogens is 255 g/mol. The van der Waals surface area contributed by atoms with Crippen LogP contribution in [0.2, 0.25) is 0 Å². The maximum absolute atomic E-state index is 13.3. The lowest BCUT2D eigenvalue weighted by Gasteiger charge is -2.19. The normalized spacial score (nSPS) is 10.9. The number of amides is 1. The van der Waals surface area contributed by atoms with Crippen molar-refractivity contribution in [2.45, 2.75) is 32.9 Å². The van der Waals surface area contributed by atoms with E-state index in [2.05, 4.69) is 5.32 Å². The van der Waals surface area contributed by atoms with Gasteiger partial charge in [-0.2, -0.15) is 0 Å². The predicted octanol–water partition coefficient (Wildman–Crippen LogP) is 2.95. The largest absolute Gasteiger partial charge is 0.444 e. The summed E-state index contributed by atoms with van der Waals surface area (Å²) in [5, 5.41) is 12.8. The van der Waals surface area contributed by atoms with Gasteiger partial charge in [-0.15, -0.1) is 0 Å². The average molecular weight is 270 g/mol. The molecule has 0 fully saturated rings. The van der Waals surface area contributed by atoms with Crippen LogP contribution in [0.5, 0.6) is 0 Å². The second-order valence-corrected chi connectivity index (χ2v) is 4.92. The summed E-state index contributed by atoms with van der Waals surface area (Å²) in [6, 6.07) is 3.58. The molecule has 1 N–H and O–H groups in total. The Hall–Kier alpha value is -2.18. The van der Waals surface area contributed by atoms with Crippen LogP contribution >= 0.6 is 0 Å². The van der Waals surface area contributed by atoms with Crippen molar-refractivity contribution in [2.75, 3.05) is 5.32 Å². The number of carbonyl (C=O) groups is 1. The summed E-state index contributed by atoms with van der Waals surface area (Å²) < 4.78 is 18.3. The lowest BCUT2D eigenvalue weighted by Crippen LogP contribution is -2.27. The van der Waals surface area contributed by atoms with E-state index in [0.29, 0.717) is 0 Å². The van der Waals surface area contributed by atoms with Gasteiger partial charge in [0.25, 0.3) is 0 Å². The second-order valence-electron chi connectivity index (χ2n) is 4.92. The molecule has 0 aliphatic carbocycles. The summed E-state index contributed by atoms with van der Waals surface area (Å²) in [5.74, 6) is -0.688. The lowest BCUT2D eigenvalue weighted by molar-refractivity contribution is -0.497. The van der Waals surface area contributed by atoms with Gasteiger partial charge in [-0.1, -0.05) is 0 Å². The Morgan fingerprint density at radius 2 is 2.11 bits per heavy atom. The molecule has 0 aliphatic heterocycles. The van der Waals surface area contributed by atoms with Crippen molar-refractivity contribution >= 4 is 11.8 Å². The molecule has 1 aromatic carbocycles. The molecule has 0 saturated carbocycles. The molecule has 0 radical (unpaired) electrons. The van der Waals surface area contributed by atoms with Crippen LogP contribution in [0.4, 0.5) is 14.9 Å².